The summed E-state index contributed by atoms with van der Waals surface area (Å²) in [4.78, 5) is 0. The number of phenolic OH excluding ortho intramolecular Hbond substituents is 1. The molecule has 3 rings (SSSR count). The van der Waals surface area contributed by atoms with Gasteiger partial charge < -0.3 is 15.6 Å². The minimum atomic E-state index is -3.12. The molecule has 6 nitrogen and oxygen atoms in total. The van der Waals surface area contributed by atoms with Gasteiger partial charge in [0.2, 0.25) is 10.0 Å². The number of benzene rings is 1. The van der Waals surface area contributed by atoms with Crippen LogP contribution in [0.5, 0.6) is 5.75 Å². The summed E-state index contributed by atoms with van der Waals surface area (Å²) < 4.78 is 31.9. The van der Waals surface area contributed by atoms with E-state index in [-0.39, 0.29) is 23.9 Å². The summed E-state index contributed by atoms with van der Waals surface area (Å²) in [5.74, 6) is 0.772. The number of sulfonamides is 1. The van der Waals surface area contributed by atoms with E-state index >= 15 is 0 Å². The summed E-state index contributed by atoms with van der Waals surface area (Å²) >= 11 is 0. The molecular formula is C18H28N2O4S. The Balaban J connectivity index is 1.76. The summed E-state index contributed by atoms with van der Waals surface area (Å²) in [6.45, 7) is 5.03. The molecule has 2 heterocycles. The summed E-state index contributed by atoms with van der Waals surface area (Å²) in [7, 11) is -3.12. The van der Waals surface area contributed by atoms with Crippen LogP contribution in [0.3, 0.4) is 0 Å². The maximum absolute atomic E-state index is 12.0. The Morgan fingerprint density at radius 1 is 1.32 bits per heavy atom. The molecule has 0 radical (unpaired) electrons. The monoisotopic (exact) mass is 368 g/mol. The SMILES string of the molecule is CCS(=O)(=O)N1CCC([C@@H]2Cc3c(ccc(C)c3O)[C@H](CN)O2)CC1. The number of piperidine rings is 1. The number of fused-ring (bicyclic) bond motifs is 1. The topological polar surface area (TPSA) is 92.9 Å². The average Bonchev–Trinajstić information content (AvgIpc) is 2.64. The highest BCUT2D eigenvalue weighted by Gasteiger charge is 2.36. The Labute approximate surface area is 150 Å². The Kier molecular flexibility index (Phi) is 5.39. The second-order valence-electron chi connectivity index (χ2n) is 7.04. The third-order valence-electron chi connectivity index (χ3n) is 5.61. The molecule has 1 fully saturated rings. The van der Waals surface area contributed by atoms with Crippen LogP contribution in [0, 0.1) is 12.8 Å². The molecule has 0 spiro atoms. The highest BCUT2D eigenvalue weighted by molar-refractivity contribution is 7.89. The number of aromatic hydroxyl groups is 1. The summed E-state index contributed by atoms with van der Waals surface area (Å²) in [5, 5.41) is 10.5. The van der Waals surface area contributed by atoms with Crippen molar-refractivity contribution in [3.63, 3.8) is 0 Å². The van der Waals surface area contributed by atoms with Crippen molar-refractivity contribution in [1.29, 1.82) is 0 Å². The summed E-state index contributed by atoms with van der Waals surface area (Å²) in [5.41, 5.74) is 8.68. The van der Waals surface area contributed by atoms with Crippen molar-refractivity contribution in [3.8, 4) is 5.75 Å². The van der Waals surface area contributed by atoms with Gasteiger partial charge in [-0.3, -0.25) is 0 Å². The molecule has 0 unspecified atom stereocenters. The third kappa shape index (κ3) is 3.56. The van der Waals surface area contributed by atoms with E-state index in [0.717, 1.165) is 29.5 Å². The zero-order chi connectivity index (χ0) is 18.2. The van der Waals surface area contributed by atoms with Gasteiger partial charge in [0.25, 0.3) is 0 Å². The van der Waals surface area contributed by atoms with Gasteiger partial charge in [-0.2, -0.15) is 0 Å². The van der Waals surface area contributed by atoms with Gasteiger partial charge in [0.05, 0.1) is 18.0 Å². The van der Waals surface area contributed by atoms with Gasteiger partial charge in [0.1, 0.15) is 5.75 Å². The van der Waals surface area contributed by atoms with Crippen LogP contribution in [0.25, 0.3) is 0 Å². The van der Waals surface area contributed by atoms with Crippen LogP contribution in [-0.2, 0) is 21.2 Å². The standard InChI is InChI=1S/C18H28N2O4S/c1-3-25(22,23)20-8-6-13(7-9-20)16-10-15-14(17(11-19)24-16)5-4-12(2)18(15)21/h4-5,13,16-17,21H,3,6-11,19H2,1-2H3/t16-,17-/m0/s1. The van der Waals surface area contributed by atoms with Crippen LogP contribution in [0.15, 0.2) is 12.1 Å². The van der Waals surface area contributed by atoms with Crippen LogP contribution < -0.4 is 5.73 Å². The molecule has 7 heteroatoms. The molecule has 140 valence electrons. The Bertz CT molecular complexity index is 727. The number of ether oxygens (including phenoxy) is 1. The van der Waals surface area contributed by atoms with E-state index in [9.17, 15) is 13.5 Å². The van der Waals surface area contributed by atoms with Gasteiger partial charge in [-0.15, -0.1) is 0 Å². The summed E-state index contributed by atoms with van der Waals surface area (Å²) in [6.07, 6.45) is 1.98. The first-order chi connectivity index (χ1) is 11.9. The first-order valence-electron chi connectivity index (χ1n) is 9.02. The minimum Gasteiger partial charge on any atom is -0.507 e. The van der Waals surface area contributed by atoms with Gasteiger partial charge in [0, 0.05) is 31.6 Å². The Morgan fingerprint density at radius 2 is 2.00 bits per heavy atom. The second-order valence-corrected chi connectivity index (χ2v) is 9.30. The molecule has 2 aliphatic rings. The highest BCUT2D eigenvalue weighted by atomic mass is 32.2. The van der Waals surface area contributed by atoms with Crippen LogP contribution in [0.2, 0.25) is 0 Å². The van der Waals surface area contributed by atoms with Crippen molar-refractivity contribution in [2.45, 2.75) is 45.3 Å². The van der Waals surface area contributed by atoms with Crippen molar-refractivity contribution < 1.29 is 18.3 Å². The van der Waals surface area contributed by atoms with E-state index in [0.29, 0.717) is 31.8 Å². The fraction of sp³-hybridized carbons (Fsp3) is 0.667. The molecule has 1 aromatic carbocycles. The van der Waals surface area contributed by atoms with E-state index in [1.807, 2.05) is 19.1 Å². The minimum absolute atomic E-state index is 0.0276. The van der Waals surface area contributed by atoms with Crippen LogP contribution in [0.1, 0.15) is 42.6 Å². The smallest absolute Gasteiger partial charge is 0.213 e. The molecule has 3 N–H and O–H groups in total. The molecule has 1 aromatic rings. The molecule has 2 atom stereocenters. The fourth-order valence-electron chi connectivity index (χ4n) is 3.99. The quantitative estimate of drug-likeness (QED) is 0.844. The predicted octanol–water partition coefficient (Wildman–Crippen LogP) is 1.70. The van der Waals surface area contributed by atoms with E-state index in [1.165, 1.54) is 0 Å². The lowest BCUT2D eigenvalue weighted by molar-refractivity contribution is -0.0612. The van der Waals surface area contributed by atoms with Gasteiger partial charge in [-0.05, 0) is 43.7 Å². The van der Waals surface area contributed by atoms with Crippen LogP contribution >= 0.6 is 0 Å². The first-order valence-corrected chi connectivity index (χ1v) is 10.6. The molecule has 25 heavy (non-hydrogen) atoms. The normalized spacial score (nSPS) is 25.7. The van der Waals surface area contributed by atoms with Crippen molar-refractivity contribution in [3.05, 3.63) is 28.8 Å². The number of hydrogen-bond acceptors (Lipinski definition) is 5. The molecule has 0 amide bonds. The molecule has 1 saturated heterocycles. The number of nitrogens with two attached hydrogens (primary N) is 1. The van der Waals surface area contributed by atoms with Crippen molar-refractivity contribution in [1.82, 2.24) is 4.31 Å². The fourth-order valence-corrected chi connectivity index (χ4v) is 5.12. The van der Waals surface area contributed by atoms with E-state index in [4.69, 9.17) is 10.5 Å². The zero-order valence-corrected chi connectivity index (χ0v) is 15.8. The molecule has 0 saturated carbocycles. The predicted molar refractivity (Wildman–Crippen MR) is 97.0 cm³/mol. The van der Waals surface area contributed by atoms with E-state index in [1.54, 1.807) is 11.2 Å². The highest BCUT2D eigenvalue weighted by Crippen LogP contribution is 2.40. The lowest BCUT2D eigenvalue weighted by Gasteiger charge is -2.40. The lowest BCUT2D eigenvalue weighted by atomic mass is 9.83. The molecule has 0 aliphatic carbocycles. The average molecular weight is 368 g/mol. The maximum atomic E-state index is 12.0. The molecular weight excluding hydrogens is 340 g/mol. The maximum Gasteiger partial charge on any atom is 0.213 e. The Hall–Kier alpha value is -1.15. The Morgan fingerprint density at radius 3 is 2.60 bits per heavy atom. The number of nitrogens with zero attached hydrogens (tertiary/aromatic N) is 1. The summed E-state index contributed by atoms with van der Waals surface area (Å²) in [6, 6.07) is 3.89. The van der Waals surface area contributed by atoms with Crippen molar-refractivity contribution >= 4 is 10.0 Å². The van der Waals surface area contributed by atoms with E-state index < -0.39 is 10.0 Å². The van der Waals surface area contributed by atoms with E-state index in [2.05, 4.69) is 0 Å². The number of aryl methyl sites for hydroxylation is 1. The molecule has 0 bridgehead atoms. The van der Waals surface area contributed by atoms with Gasteiger partial charge >= 0.3 is 0 Å². The second kappa shape index (κ2) is 7.23. The number of phenols is 1. The largest absolute Gasteiger partial charge is 0.507 e. The molecule has 2 aliphatic heterocycles. The van der Waals surface area contributed by atoms with Crippen LogP contribution in [0.4, 0.5) is 0 Å². The van der Waals surface area contributed by atoms with Gasteiger partial charge in [-0.1, -0.05) is 12.1 Å². The lowest BCUT2D eigenvalue weighted by Crippen LogP contribution is -2.44. The third-order valence-corrected chi connectivity index (χ3v) is 7.49. The first kappa shape index (κ1) is 18.6. The van der Waals surface area contributed by atoms with Crippen molar-refractivity contribution in [2.75, 3.05) is 25.4 Å². The zero-order valence-electron chi connectivity index (χ0n) is 14.9. The van der Waals surface area contributed by atoms with Crippen molar-refractivity contribution in [2.24, 2.45) is 11.7 Å². The van der Waals surface area contributed by atoms with Gasteiger partial charge in [-0.25, -0.2) is 12.7 Å². The van der Waals surface area contributed by atoms with Crippen LogP contribution in [-0.4, -0.2) is 49.3 Å². The van der Waals surface area contributed by atoms with Gasteiger partial charge in [0.15, 0.2) is 0 Å². The molecule has 0 aromatic heterocycles. The number of hydrogen-bond donors (Lipinski definition) is 2. The number of rotatable bonds is 4.